The second-order valence-electron chi connectivity index (χ2n) is 7.16. The highest BCUT2D eigenvalue weighted by Gasteiger charge is 2.37. The maximum absolute atomic E-state index is 13.8. The molecule has 3 aromatic rings. The Kier molecular flexibility index (Phi) is 5.68. The largest absolute Gasteiger partial charge is 0.306 e. The maximum Gasteiger partial charge on any atom is 0.240 e. The number of carbonyl (C=O) groups is 1. The Morgan fingerprint density at radius 2 is 1.38 bits per heavy atom. The summed E-state index contributed by atoms with van der Waals surface area (Å²) in [5.41, 5.74) is 3.74. The summed E-state index contributed by atoms with van der Waals surface area (Å²) >= 11 is 0. The number of benzene rings is 3. The summed E-state index contributed by atoms with van der Waals surface area (Å²) in [7, 11) is 0. The van der Waals surface area contributed by atoms with Crippen molar-refractivity contribution >= 4 is 23.4 Å². The molecule has 144 valence electrons. The zero-order valence-electron chi connectivity index (χ0n) is 16.2. The van der Waals surface area contributed by atoms with Gasteiger partial charge in [0.2, 0.25) is 5.91 Å². The Labute approximate surface area is 172 Å². The topological polar surface area (TPSA) is 32.3 Å². The normalized spacial score (nSPS) is 18.8. The van der Waals surface area contributed by atoms with Gasteiger partial charge in [-0.15, -0.1) is 0 Å². The van der Waals surface area contributed by atoms with Crippen LogP contribution in [0, 0.1) is 5.92 Å². The van der Waals surface area contributed by atoms with E-state index >= 15 is 0 Å². The fraction of sp³-hybridized carbons (Fsp3) is 0.115. The van der Waals surface area contributed by atoms with Gasteiger partial charge in [-0.2, -0.15) is 0 Å². The Morgan fingerprint density at radius 3 is 1.93 bits per heavy atom. The summed E-state index contributed by atoms with van der Waals surface area (Å²) in [6.45, 7) is 4.82. The van der Waals surface area contributed by atoms with E-state index in [-0.39, 0.29) is 17.9 Å². The summed E-state index contributed by atoms with van der Waals surface area (Å²) in [6, 6.07) is 29.6. The highest BCUT2D eigenvalue weighted by molar-refractivity contribution is 6.03. The van der Waals surface area contributed by atoms with Gasteiger partial charge in [0.15, 0.2) is 0 Å². The standard InChI is InChI=1S/C26H24N2O/c1-20-19-27-24(18-17-21-11-5-2-6-12-21)25(20)26(29)28(22-13-7-3-8-14-22)23-15-9-4-10-16-23/h2-18,24-25,27H,1,19H2/b18-17+/t24-,25+/m0/s1. The van der Waals surface area contributed by atoms with Gasteiger partial charge in [0, 0.05) is 24.0 Å². The smallest absolute Gasteiger partial charge is 0.240 e. The molecule has 0 aromatic heterocycles. The van der Waals surface area contributed by atoms with Crippen LogP contribution in [0.5, 0.6) is 0 Å². The number of nitrogens with one attached hydrogen (secondary N) is 1. The van der Waals surface area contributed by atoms with E-state index in [1.54, 1.807) is 4.90 Å². The molecule has 3 nitrogen and oxygen atoms in total. The van der Waals surface area contributed by atoms with Gasteiger partial charge in [-0.3, -0.25) is 9.69 Å². The second kappa shape index (κ2) is 8.72. The number of amides is 1. The summed E-state index contributed by atoms with van der Waals surface area (Å²) in [4.78, 5) is 15.6. The highest BCUT2D eigenvalue weighted by atomic mass is 16.2. The van der Waals surface area contributed by atoms with E-state index in [9.17, 15) is 4.79 Å². The monoisotopic (exact) mass is 380 g/mol. The van der Waals surface area contributed by atoms with E-state index < -0.39 is 0 Å². The average molecular weight is 380 g/mol. The molecule has 29 heavy (non-hydrogen) atoms. The molecule has 1 heterocycles. The van der Waals surface area contributed by atoms with Crippen LogP contribution in [0.4, 0.5) is 11.4 Å². The van der Waals surface area contributed by atoms with Crippen molar-refractivity contribution in [2.45, 2.75) is 6.04 Å². The van der Waals surface area contributed by atoms with Gasteiger partial charge < -0.3 is 5.32 Å². The van der Waals surface area contributed by atoms with E-state index in [1.165, 1.54) is 0 Å². The van der Waals surface area contributed by atoms with E-state index in [0.717, 1.165) is 22.5 Å². The van der Waals surface area contributed by atoms with Crippen molar-refractivity contribution in [1.82, 2.24) is 5.32 Å². The van der Waals surface area contributed by atoms with Crippen molar-refractivity contribution in [3.05, 3.63) is 115 Å². The van der Waals surface area contributed by atoms with Gasteiger partial charge in [0.25, 0.3) is 0 Å². The molecule has 3 aromatic carbocycles. The number of carbonyl (C=O) groups excluding carboxylic acids is 1. The fourth-order valence-electron chi connectivity index (χ4n) is 3.71. The van der Waals surface area contributed by atoms with Crippen LogP contribution in [0.3, 0.4) is 0 Å². The van der Waals surface area contributed by atoms with Crippen LogP contribution >= 0.6 is 0 Å². The van der Waals surface area contributed by atoms with Crippen LogP contribution in [-0.2, 0) is 4.79 Å². The molecule has 1 saturated heterocycles. The fourth-order valence-corrected chi connectivity index (χ4v) is 3.71. The number of para-hydroxylation sites is 2. The van der Waals surface area contributed by atoms with Crippen LogP contribution in [0.25, 0.3) is 6.08 Å². The third kappa shape index (κ3) is 4.20. The molecule has 1 aliphatic heterocycles. The van der Waals surface area contributed by atoms with Crippen molar-refractivity contribution < 1.29 is 4.79 Å². The number of hydrogen-bond acceptors (Lipinski definition) is 2. The van der Waals surface area contributed by atoms with Gasteiger partial charge in [0.1, 0.15) is 0 Å². The molecule has 1 amide bonds. The SMILES string of the molecule is C=C1CN[C@@H](/C=C/c2ccccc2)[C@@H]1C(=O)N(c1ccccc1)c1ccccc1. The lowest BCUT2D eigenvalue weighted by Crippen LogP contribution is -2.38. The minimum atomic E-state index is -0.324. The van der Waals surface area contributed by atoms with E-state index in [2.05, 4.69) is 36.2 Å². The Balaban J connectivity index is 1.67. The van der Waals surface area contributed by atoms with Gasteiger partial charge in [0.05, 0.1) is 5.92 Å². The summed E-state index contributed by atoms with van der Waals surface area (Å²) < 4.78 is 0. The quantitative estimate of drug-likeness (QED) is 0.616. The Hall–Kier alpha value is -3.43. The van der Waals surface area contributed by atoms with Gasteiger partial charge in [-0.25, -0.2) is 0 Å². The molecule has 0 radical (unpaired) electrons. The average Bonchev–Trinajstić information content (AvgIpc) is 3.15. The maximum atomic E-state index is 13.8. The number of anilines is 2. The lowest BCUT2D eigenvalue weighted by molar-refractivity contribution is -0.120. The lowest BCUT2D eigenvalue weighted by atomic mass is 9.93. The molecule has 4 rings (SSSR count). The number of hydrogen-bond donors (Lipinski definition) is 1. The van der Waals surface area contributed by atoms with E-state index in [4.69, 9.17) is 0 Å². The number of rotatable bonds is 5. The first kappa shape index (κ1) is 18.9. The second-order valence-corrected chi connectivity index (χ2v) is 7.16. The van der Waals surface area contributed by atoms with Crippen LogP contribution in [-0.4, -0.2) is 18.5 Å². The lowest BCUT2D eigenvalue weighted by Gasteiger charge is -2.28. The molecule has 1 aliphatic rings. The van der Waals surface area contributed by atoms with Crippen molar-refractivity contribution in [3.8, 4) is 0 Å². The number of nitrogens with zero attached hydrogens (tertiary/aromatic N) is 1. The van der Waals surface area contributed by atoms with E-state index in [1.807, 2.05) is 78.9 Å². The zero-order valence-corrected chi connectivity index (χ0v) is 16.2. The Morgan fingerprint density at radius 1 is 0.862 bits per heavy atom. The molecular formula is C26H24N2O. The molecule has 0 spiro atoms. The first-order chi connectivity index (χ1) is 14.2. The van der Waals surface area contributed by atoms with Gasteiger partial charge in [-0.1, -0.05) is 85.5 Å². The molecule has 0 aliphatic carbocycles. The summed E-state index contributed by atoms with van der Waals surface area (Å²) in [5.74, 6) is -0.296. The molecule has 2 atom stereocenters. The Bertz CT molecular complexity index is 957. The molecule has 1 fully saturated rings. The van der Waals surface area contributed by atoms with Crippen LogP contribution in [0.2, 0.25) is 0 Å². The minimum absolute atomic E-state index is 0.0279. The van der Waals surface area contributed by atoms with Crippen molar-refractivity contribution in [2.24, 2.45) is 5.92 Å². The van der Waals surface area contributed by atoms with Gasteiger partial charge >= 0.3 is 0 Å². The first-order valence-corrected chi connectivity index (χ1v) is 9.82. The molecule has 1 N–H and O–H groups in total. The zero-order chi connectivity index (χ0) is 20.1. The van der Waals surface area contributed by atoms with Crippen molar-refractivity contribution in [2.75, 3.05) is 11.4 Å². The third-order valence-electron chi connectivity index (χ3n) is 5.17. The first-order valence-electron chi connectivity index (χ1n) is 9.82. The molecule has 0 bridgehead atoms. The van der Waals surface area contributed by atoms with Gasteiger partial charge in [-0.05, 0) is 35.4 Å². The predicted octanol–water partition coefficient (Wildman–Crippen LogP) is 5.21. The van der Waals surface area contributed by atoms with E-state index in [0.29, 0.717) is 6.54 Å². The van der Waals surface area contributed by atoms with Crippen molar-refractivity contribution in [3.63, 3.8) is 0 Å². The molecule has 3 heteroatoms. The predicted molar refractivity (Wildman–Crippen MR) is 120 cm³/mol. The summed E-state index contributed by atoms with van der Waals surface area (Å²) in [6.07, 6.45) is 4.14. The van der Waals surface area contributed by atoms with Crippen LogP contribution < -0.4 is 10.2 Å². The molecule has 0 saturated carbocycles. The minimum Gasteiger partial charge on any atom is -0.306 e. The third-order valence-corrected chi connectivity index (χ3v) is 5.17. The van der Waals surface area contributed by atoms with Crippen LogP contribution in [0.1, 0.15) is 5.56 Å². The summed E-state index contributed by atoms with van der Waals surface area (Å²) in [5, 5.41) is 3.43. The van der Waals surface area contributed by atoms with Crippen molar-refractivity contribution in [1.29, 1.82) is 0 Å². The highest BCUT2D eigenvalue weighted by Crippen LogP contribution is 2.32. The van der Waals surface area contributed by atoms with Crippen LogP contribution in [0.15, 0.2) is 109 Å². The molecular weight excluding hydrogens is 356 g/mol. The molecule has 0 unspecified atom stereocenters.